The average molecular weight is 224 g/mol. The summed E-state index contributed by atoms with van der Waals surface area (Å²) in [5.74, 6) is 0.0569. The van der Waals surface area contributed by atoms with E-state index >= 15 is 0 Å². The molecule has 1 amide bonds. The zero-order valence-corrected chi connectivity index (χ0v) is 10.2. The highest BCUT2D eigenvalue weighted by molar-refractivity contribution is 5.83. The lowest BCUT2D eigenvalue weighted by Gasteiger charge is -2.36. The summed E-state index contributed by atoms with van der Waals surface area (Å²) in [7, 11) is 3.98. The van der Waals surface area contributed by atoms with Crippen molar-refractivity contribution in [1.29, 1.82) is 5.26 Å². The Balaban J connectivity index is 2.55. The Bertz CT molecular complexity index is 284. The summed E-state index contributed by atoms with van der Waals surface area (Å²) in [6.45, 7) is 4.37. The molecular weight excluding hydrogens is 204 g/mol. The monoisotopic (exact) mass is 224 g/mol. The zero-order chi connectivity index (χ0) is 12.1. The molecule has 16 heavy (non-hydrogen) atoms. The molecule has 1 N–H and O–H groups in total. The van der Waals surface area contributed by atoms with Crippen LogP contribution in [0.2, 0.25) is 0 Å². The van der Waals surface area contributed by atoms with Gasteiger partial charge in [-0.05, 0) is 21.0 Å². The standard InChI is InChI=1S/C11H20N4O/c1-9-8-15(7-6-14(2)3)11(16)10(13-9)4-5-12/h9-10,13H,4,6-8H2,1-3H3. The fourth-order valence-electron chi connectivity index (χ4n) is 1.87. The number of carbonyl (C=O) groups is 1. The van der Waals surface area contributed by atoms with Gasteiger partial charge in [-0.3, -0.25) is 4.79 Å². The second-order valence-corrected chi connectivity index (χ2v) is 4.57. The van der Waals surface area contributed by atoms with Gasteiger partial charge in [0.2, 0.25) is 5.91 Å². The normalized spacial score (nSPS) is 25.9. The maximum atomic E-state index is 12.0. The maximum absolute atomic E-state index is 12.0. The van der Waals surface area contributed by atoms with Crippen molar-refractivity contribution < 1.29 is 4.79 Å². The lowest BCUT2D eigenvalue weighted by molar-refractivity contribution is -0.136. The van der Waals surface area contributed by atoms with Gasteiger partial charge in [0.25, 0.3) is 0 Å². The molecule has 1 saturated heterocycles. The molecule has 1 aliphatic rings. The molecule has 2 unspecified atom stereocenters. The van der Waals surface area contributed by atoms with Gasteiger partial charge in [-0.1, -0.05) is 0 Å². The molecule has 2 atom stereocenters. The van der Waals surface area contributed by atoms with Crippen molar-refractivity contribution in [2.75, 3.05) is 33.7 Å². The van der Waals surface area contributed by atoms with E-state index in [1.807, 2.05) is 25.9 Å². The number of nitriles is 1. The van der Waals surface area contributed by atoms with E-state index in [9.17, 15) is 4.79 Å². The fourth-order valence-corrected chi connectivity index (χ4v) is 1.87. The number of amides is 1. The van der Waals surface area contributed by atoms with Gasteiger partial charge < -0.3 is 15.1 Å². The van der Waals surface area contributed by atoms with E-state index < -0.39 is 0 Å². The van der Waals surface area contributed by atoms with Crippen LogP contribution < -0.4 is 5.32 Å². The second-order valence-electron chi connectivity index (χ2n) is 4.57. The summed E-state index contributed by atoms with van der Waals surface area (Å²) in [6, 6.07) is 1.99. The minimum atomic E-state index is -0.323. The van der Waals surface area contributed by atoms with Crippen LogP contribution in [0.25, 0.3) is 0 Å². The first kappa shape index (κ1) is 12.9. The highest BCUT2D eigenvalue weighted by Crippen LogP contribution is 2.08. The van der Waals surface area contributed by atoms with Crippen LogP contribution in [0.15, 0.2) is 0 Å². The molecule has 0 aromatic carbocycles. The van der Waals surface area contributed by atoms with E-state index in [0.717, 1.165) is 19.6 Å². The molecule has 0 spiro atoms. The molecule has 1 rings (SSSR count). The van der Waals surface area contributed by atoms with Crippen LogP contribution in [-0.4, -0.2) is 61.5 Å². The highest BCUT2D eigenvalue weighted by atomic mass is 16.2. The third-order valence-corrected chi connectivity index (χ3v) is 2.70. The number of piperazine rings is 1. The molecule has 0 aliphatic carbocycles. The Morgan fingerprint density at radius 1 is 1.62 bits per heavy atom. The summed E-state index contributed by atoms with van der Waals surface area (Å²) >= 11 is 0. The van der Waals surface area contributed by atoms with Crippen LogP contribution in [0.1, 0.15) is 13.3 Å². The van der Waals surface area contributed by atoms with Crippen molar-refractivity contribution in [1.82, 2.24) is 15.1 Å². The first-order chi connectivity index (χ1) is 7.54. The Kier molecular flexibility index (Phi) is 4.71. The third kappa shape index (κ3) is 3.47. The Morgan fingerprint density at radius 2 is 2.31 bits per heavy atom. The van der Waals surface area contributed by atoms with Crippen LogP contribution >= 0.6 is 0 Å². The number of carbonyl (C=O) groups excluding carboxylic acids is 1. The van der Waals surface area contributed by atoms with Crippen molar-refractivity contribution in [3.05, 3.63) is 0 Å². The minimum Gasteiger partial charge on any atom is -0.338 e. The van der Waals surface area contributed by atoms with Gasteiger partial charge in [0.1, 0.15) is 6.04 Å². The lowest BCUT2D eigenvalue weighted by Crippen LogP contribution is -2.59. The van der Waals surface area contributed by atoms with E-state index in [-0.39, 0.29) is 24.4 Å². The molecule has 1 heterocycles. The summed E-state index contributed by atoms with van der Waals surface area (Å²) < 4.78 is 0. The third-order valence-electron chi connectivity index (χ3n) is 2.70. The van der Waals surface area contributed by atoms with Gasteiger partial charge >= 0.3 is 0 Å². The molecular formula is C11H20N4O. The summed E-state index contributed by atoms with van der Waals surface area (Å²) in [6.07, 6.45) is 0.252. The molecule has 0 aromatic rings. The fraction of sp³-hybridized carbons (Fsp3) is 0.818. The molecule has 0 bridgehead atoms. The molecule has 0 aromatic heterocycles. The maximum Gasteiger partial charge on any atom is 0.240 e. The van der Waals surface area contributed by atoms with E-state index in [1.54, 1.807) is 0 Å². The number of nitrogens with zero attached hydrogens (tertiary/aromatic N) is 3. The first-order valence-corrected chi connectivity index (χ1v) is 5.61. The Hall–Kier alpha value is -1.12. The smallest absolute Gasteiger partial charge is 0.240 e. The molecule has 1 fully saturated rings. The summed E-state index contributed by atoms with van der Waals surface area (Å²) in [5, 5.41) is 11.8. The van der Waals surface area contributed by atoms with Crippen LogP contribution in [0.3, 0.4) is 0 Å². The first-order valence-electron chi connectivity index (χ1n) is 5.61. The largest absolute Gasteiger partial charge is 0.338 e. The second kappa shape index (κ2) is 5.83. The molecule has 1 aliphatic heterocycles. The van der Waals surface area contributed by atoms with Gasteiger partial charge in [-0.25, -0.2) is 0 Å². The quantitative estimate of drug-likeness (QED) is 0.709. The van der Waals surface area contributed by atoms with Crippen LogP contribution in [0.4, 0.5) is 0 Å². The average Bonchev–Trinajstić information content (AvgIpc) is 2.21. The van der Waals surface area contributed by atoms with Crippen molar-refractivity contribution in [2.45, 2.75) is 25.4 Å². The zero-order valence-electron chi connectivity index (χ0n) is 10.2. The molecule has 90 valence electrons. The van der Waals surface area contributed by atoms with Gasteiger partial charge in [0.05, 0.1) is 12.5 Å². The van der Waals surface area contributed by atoms with Gasteiger partial charge in [0.15, 0.2) is 0 Å². The number of nitrogens with one attached hydrogen (secondary N) is 1. The predicted octanol–water partition coefficient (Wildman–Crippen LogP) is -0.349. The number of hydrogen-bond donors (Lipinski definition) is 1. The van der Waals surface area contributed by atoms with E-state index in [1.165, 1.54) is 0 Å². The molecule has 5 heteroatoms. The van der Waals surface area contributed by atoms with E-state index in [2.05, 4.69) is 16.3 Å². The van der Waals surface area contributed by atoms with Gasteiger partial charge in [-0.15, -0.1) is 0 Å². The Morgan fingerprint density at radius 3 is 2.88 bits per heavy atom. The van der Waals surface area contributed by atoms with Crippen molar-refractivity contribution in [2.24, 2.45) is 0 Å². The van der Waals surface area contributed by atoms with Gasteiger partial charge in [-0.2, -0.15) is 5.26 Å². The lowest BCUT2D eigenvalue weighted by atomic mass is 10.1. The predicted molar refractivity (Wildman–Crippen MR) is 61.7 cm³/mol. The van der Waals surface area contributed by atoms with Crippen molar-refractivity contribution in [3.8, 4) is 6.07 Å². The highest BCUT2D eigenvalue weighted by Gasteiger charge is 2.31. The van der Waals surface area contributed by atoms with Crippen LogP contribution in [0.5, 0.6) is 0 Å². The molecule has 5 nitrogen and oxygen atoms in total. The summed E-state index contributed by atoms with van der Waals surface area (Å²) in [5.41, 5.74) is 0. The van der Waals surface area contributed by atoms with Crippen molar-refractivity contribution in [3.63, 3.8) is 0 Å². The number of rotatable bonds is 4. The van der Waals surface area contributed by atoms with Crippen LogP contribution in [0, 0.1) is 11.3 Å². The number of hydrogen-bond acceptors (Lipinski definition) is 4. The minimum absolute atomic E-state index is 0.0569. The Labute approximate surface area is 97.0 Å². The topological polar surface area (TPSA) is 59.4 Å². The van der Waals surface area contributed by atoms with E-state index in [4.69, 9.17) is 5.26 Å². The molecule has 0 saturated carbocycles. The van der Waals surface area contributed by atoms with Crippen LogP contribution in [-0.2, 0) is 4.79 Å². The van der Waals surface area contributed by atoms with Gasteiger partial charge in [0, 0.05) is 25.7 Å². The SMILES string of the molecule is CC1CN(CCN(C)C)C(=O)C(CC#N)N1. The van der Waals surface area contributed by atoms with E-state index in [0.29, 0.717) is 0 Å². The molecule has 0 radical (unpaired) electrons. The number of likely N-dealkylation sites (N-methyl/N-ethyl adjacent to an activating group) is 1. The van der Waals surface area contributed by atoms with Crippen molar-refractivity contribution >= 4 is 5.91 Å². The summed E-state index contributed by atoms with van der Waals surface area (Å²) in [4.78, 5) is 15.9.